The molecule has 2 saturated carbocycles. The molecule has 8 nitrogen and oxygen atoms in total. The molecule has 0 bridgehead atoms. The third-order valence-electron chi connectivity index (χ3n) is 11.2. The van der Waals surface area contributed by atoms with E-state index >= 15 is 0 Å². The van der Waals surface area contributed by atoms with E-state index in [0.29, 0.717) is 17.8 Å². The second-order valence-electron chi connectivity index (χ2n) is 13.6. The van der Waals surface area contributed by atoms with E-state index in [9.17, 15) is 19.5 Å². The molecule has 4 aliphatic carbocycles. The lowest BCUT2D eigenvalue weighted by molar-refractivity contribution is -0.144. The Balaban J connectivity index is 1.05. The minimum atomic E-state index is -1.11. The van der Waals surface area contributed by atoms with Crippen LogP contribution in [0, 0.1) is 28.6 Å². The van der Waals surface area contributed by atoms with Gasteiger partial charge >= 0.3 is 12.1 Å². The van der Waals surface area contributed by atoms with Crippen LogP contribution in [-0.4, -0.2) is 52.2 Å². The van der Waals surface area contributed by atoms with Gasteiger partial charge in [-0.1, -0.05) is 68.0 Å². The number of hydrogen-bond acceptors (Lipinski definition) is 5. The summed E-state index contributed by atoms with van der Waals surface area (Å²) in [6.07, 6.45) is 15.0. The number of aromatic nitrogens is 1. The molecule has 1 aromatic heterocycles. The molecule has 2 amide bonds. The van der Waals surface area contributed by atoms with Gasteiger partial charge in [-0.3, -0.25) is 14.6 Å². The van der Waals surface area contributed by atoms with Crippen LogP contribution in [0.4, 0.5) is 4.79 Å². The van der Waals surface area contributed by atoms with Crippen molar-refractivity contribution in [3.63, 3.8) is 0 Å². The molecule has 0 saturated heterocycles. The van der Waals surface area contributed by atoms with Gasteiger partial charge in [0, 0.05) is 25.4 Å². The van der Waals surface area contributed by atoms with Gasteiger partial charge in [0.05, 0.1) is 0 Å². The van der Waals surface area contributed by atoms with Crippen molar-refractivity contribution >= 4 is 23.5 Å². The van der Waals surface area contributed by atoms with Crippen molar-refractivity contribution in [2.75, 3.05) is 13.1 Å². The quantitative estimate of drug-likeness (QED) is 0.349. The molecular formula is C36H43N3O5. The summed E-state index contributed by atoms with van der Waals surface area (Å²) in [5, 5.41) is 11.9. The van der Waals surface area contributed by atoms with Crippen LogP contribution in [0.3, 0.4) is 0 Å². The zero-order valence-electron chi connectivity index (χ0n) is 25.7. The van der Waals surface area contributed by atoms with Gasteiger partial charge in [0.15, 0.2) is 0 Å². The predicted molar refractivity (Wildman–Crippen MR) is 167 cm³/mol. The van der Waals surface area contributed by atoms with Crippen LogP contribution in [-0.2, 0) is 20.9 Å². The smallest absolute Gasteiger partial charge is 0.407 e. The SMILES string of the molecule is C[C@]12CC[C@H](OC(=O)NCC(=O)N(CC(=O)O)Cc3ccccc3)CC1=CC[C@H]1C3CC=C(c4cccnc4)[C@@]3(C)CC[C@@H]12. The summed E-state index contributed by atoms with van der Waals surface area (Å²) in [6, 6.07) is 13.4. The van der Waals surface area contributed by atoms with E-state index in [1.807, 2.05) is 48.8 Å². The number of fused-ring (bicyclic) bond motifs is 5. The number of nitrogens with one attached hydrogen (secondary N) is 1. The van der Waals surface area contributed by atoms with Crippen molar-refractivity contribution in [2.24, 2.45) is 28.6 Å². The summed E-state index contributed by atoms with van der Waals surface area (Å²) in [7, 11) is 0. The molecule has 44 heavy (non-hydrogen) atoms. The van der Waals surface area contributed by atoms with E-state index in [0.717, 1.165) is 37.7 Å². The van der Waals surface area contributed by atoms with E-state index in [1.165, 1.54) is 34.5 Å². The number of carbonyl (C=O) groups is 3. The Morgan fingerprint density at radius 2 is 1.80 bits per heavy atom. The first-order valence-electron chi connectivity index (χ1n) is 16.0. The lowest BCUT2D eigenvalue weighted by atomic mass is 9.47. The van der Waals surface area contributed by atoms with Gasteiger partial charge in [-0.2, -0.15) is 0 Å². The molecule has 0 aliphatic heterocycles. The molecule has 2 fully saturated rings. The molecule has 1 unspecified atom stereocenters. The van der Waals surface area contributed by atoms with E-state index in [2.05, 4.69) is 42.4 Å². The molecule has 6 atom stereocenters. The van der Waals surface area contributed by atoms with E-state index in [4.69, 9.17) is 4.74 Å². The molecule has 0 radical (unpaired) electrons. The van der Waals surface area contributed by atoms with Gasteiger partial charge in [0.25, 0.3) is 0 Å². The summed E-state index contributed by atoms with van der Waals surface area (Å²) in [6.45, 7) is 4.30. The highest BCUT2D eigenvalue weighted by Gasteiger charge is 2.57. The van der Waals surface area contributed by atoms with Crippen LogP contribution in [0.5, 0.6) is 0 Å². The molecule has 1 aromatic carbocycles. The summed E-state index contributed by atoms with van der Waals surface area (Å²) in [5.41, 5.74) is 5.26. The third kappa shape index (κ3) is 5.78. The number of allylic oxidation sites excluding steroid dienone is 3. The molecule has 4 aliphatic rings. The van der Waals surface area contributed by atoms with Gasteiger partial charge in [0.1, 0.15) is 19.2 Å². The maximum absolute atomic E-state index is 12.8. The topological polar surface area (TPSA) is 109 Å². The summed E-state index contributed by atoms with van der Waals surface area (Å²) >= 11 is 0. The third-order valence-corrected chi connectivity index (χ3v) is 11.2. The Hall–Kier alpha value is -3.94. The van der Waals surface area contributed by atoms with Gasteiger partial charge in [0.2, 0.25) is 5.91 Å². The Morgan fingerprint density at radius 1 is 1.00 bits per heavy atom. The number of alkyl carbamates (subject to hydrolysis) is 1. The number of carboxylic acids is 1. The molecule has 2 aromatic rings. The normalized spacial score (nSPS) is 30.5. The van der Waals surface area contributed by atoms with E-state index in [-0.39, 0.29) is 30.0 Å². The van der Waals surface area contributed by atoms with E-state index in [1.54, 1.807) is 0 Å². The van der Waals surface area contributed by atoms with Gasteiger partial charge in [-0.15, -0.1) is 0 Å². The molecule has 1 heterocycles. The van der Waals surface area contributed by atoms with Crippen LogP contribution < -0.4 is 5.32 Å². The Bertz CT molecular complexity index is 1460. The van der Waals surface area contributed by atoms with Crippen LogP contribution in [0.1, 0.15) is 69.9 Å². The van der Waals surface area contributed by atoms with Crippen molar-refractivity contribution in [1.29, 1.82) is 0 Å². The fourth-order valence-corrected chi connectivity index (χ4v) is 8.92. The Morgan fingerprint density at radius 3 is 2.55 bits per heavy atom. The molecule has 2 N–H and O–H groups in total. The van der Waals surface area contributed by atoms with Crippen molar-refractivity contribution in [3.05, 3.63) is 83.7 Å². The number of amides is 2. The first kappa shape index (κ1) is 30.1. The molecule has 8 heteroatoms. The number of ether oxygens (including phenoxy) is 1. The zero-order valence-corrected chi connectivity index (χ0v) is 25.7. The summed E-state index contributed by atoms with van der Waals surface area (Å²) in [4.78, 5) is 42.5. The minimum absolute atomic E-state index is 0.113. The number of hydrogen-bond donors (Lipinski definition) is 2. The number of carboxylic acid groups (broad SMARTS) is 1. The molecule has 6 rings (SSSR count). The van der Waals surface area contributed by atoms with E-state index < -0.39 is 24.5 Å². The van der Waals surface area contributed by atoms with Gasteiger partial charge in [-0.25, -0.2) is 4.79 Å². The van der Waals surface area contributed by atoms with Crippen LogP contribution >= 0.6 is 0 Å². The fourth-order valence-electron chi connectivity index (χ4n) is 8.92. The Labute approximate surface area is 259 Å². The summed E-state index contributed by atoms with van der Waals surface area (Å²) in [5.74, 6) is 0.323. The van der Waals surface area contributed by atoms with Crippen molar-refractivity contribution in [3.8, 4) is 0 Å². The second kappa shape index (κ2) is 12.2. The van der Waals surface area contributed by atoms with Gasteiger partial charge in [-0.05, 0) is 89.9 Å². The van der Waals surface area contributed by atoms with Gasteiger partial charge < -0.3 is 20.1 Å². The number of benzene rings is 1. The standard InChI is InChI=1S/C36H43N3O5/c1-35-16-14-27(44-34(43)38-21-32(40)39(23-33(41)42)22-24-7-4-3-5-8-24)19-26(35)10-11-28-30-13-12-29(25-9-6-18-37-20-25)36(30,2)17-15-31(28)35/h3-10,12,18,20,27-28,30-31H,11,13-17,19,21-23H2,1-2H3,(H,38,43)(H,41,42)/t27-,28-,30?,31-,35-,36+/m0/s1. The summed E-state index contributed by atoms with van der Waals surface area (Å²) < 4.78 is 5.81. The maximum atomic E-state index is 12.8. The first-order valence-corrected chi connectivity index (χ1v) is 16.0. The second-order valence-corrected chi connectivity index (χ2v) is 13.6. The number of aliphatic carboxylic acids is 1. The fraction of sp³-hybridized carbons (Fsp3) is 0.500. The highest BCUT2D eigenvalue weighted by Crippen LogP contribution is 2.66. The number of pyridine rings is 1. The molecular weight excluding hydrogens is 554 g/mol. The van der Waals surface area contributed by atoms with Crippen molar-refractivity contribution in [1.82, 2.24) is 15.2 Å². The maximum Gasteiger partial charge on any atom is 0.407 e. The predicted octanol–water partition coefficient (Wildman–Crippen LogP) is 6.25. The van der Waals surface area contributed by atoms with Crippen LogP contribution in [0.2, 0.25) is 0 Å². The Kier molecular flexibility index (Phi) is 8.36. The average Bonchev–Trinajstić information content (AvgIpc) is 3.37. The van der Waals surface area contributed by atoms with Crippen LogP contribution in [0.25, 0.3) is 5.57 Å². The highest BCUT2D eigenvalue weighted by atomic mass is 16.6. The van der Waals surface area contributed by atoms with Crippen molar-refractivity contribution in [2.45, 2.75) is 71.4 Å². The zero-order chi connectivity index (χ0) is 30.9. The molecule has 0 spiro atoms. The molecule has 232 valence electrons. The minimum Gasteiger partial charge on any atom is -0.480 e. The average molecular weight is 598 g/mol. The number of carbonyl (C=O) groups excluding carboxylic acids is 2. The lowest BCUT2D eigenvalue weighted by Gasteiger charge is -2.57. The van der Waals surface area contributed by atoms with Crippen LogP contribution in [0.15, 0.2) is 72.6 Å². The first-order chi connectivity index (χ1) is 21.2. The monoisotopic (exact) mass is 597 g/mol. The van der Waals surface area contributed by atoms with Crippen molar-refractivity contribution < 1.29 is 24.2 Å². The highest BCUT2D eigenvalue weighted by molar-refractivity contribution is 5.85. The number of nitrogens with zero attached hydrogens (tertiary/aromatic N) is 2. The number of rotatable bonds is 8. The lowest BCUT2D eigenvalue weighted by Crippen LogP contribution is -2.50. The largest absolute Gasteiger partial charge is 0.480 e.